The van der Waals surface area contributed by atoms with Crippen LogP contribution in [0.5, 0.6) is 5.75 Å². The van der Waals surface area contributed by atoms with Crippen molar-refractivity contribution < 1.29 is 13.9 Å². The van der Waals surface area contributed by atoms with E-state index in [9.17, 15) is 4.39 Å². The Morgan fingerprint density at radius 1 is 1.00 bits per heavy atom. The fourth-order valence-corrected chi connectivity index (χ4v) is 3.59. The van der Waals surface area contributed by atoms with Crippen LogP contribution in [0.25, 0.3) is 10.9 Å². The van der Waals surface area contributed by atoms with Crippen molar-refractivity contribution in [3.05, 3.63) is 54.1 Å². The smallest absolute Gasteiger partial charge is 0.132 e. The average Bonchev–Trinajstić information content (AvgIpc) is 2.74. The summed E-state index contributed by atoms with van der Waals surface area (Å²) < 4.78 is 24.4. The van der Waals surface area contributed by atoms with Gasteiger partial charge in [-0.3, -0.25) is 4.98 Å². The summed E-state index contributed by atoms with van der Waals surface area (Å²) in [7, 11) is 3.30. The van der Waals surface area contributed by atoms with Crippen molar-refractivity contribution in [1.82, 2.24) is 9.97 Å². The lowest BCUT2D eigenvalue weighted by Crippen LogP contribution is -2.47. The van der Waals surface area contributed by atoms with Crippen LogP contribution in [0.15, 0.2) is 42.6 Å². The van der Waals surface area contributed by atoms with E-state index in [1.807, 2.05) is 18.2 Å². The lowest BCUT2D eigenvalue weighted by molar-refractivity contribution is 0.182. The van der Waals surface area contributed by atoms with Crippen LogP contribution in [0.2, 0.25) is 0 Å². The van der Waals surface area contributed by atoms with E-state index in [0.717, 1.165) is 60.0 Å². The fourth-order valence-electron chi connectivity index (χ4n) is 3.59. The molecule has 3 aromatic rings. The van der Waals surface area contributed by atoms with Gasteiger partial charge in [-0.25, -0.2) is 9.37 Å². The highest BCUT2D eigenvalue weighted by Gasteiger charge is 2.21. The van der Waals surface area contributed by atoms with Gasteiger partial charge in [0.05, 0.1) is 24.9 Å². The first-order valence-electron chi connectivity index (χ1n) is 9.26. The number of ether oxygens (including phenoxy) is 2. The number of hydrogen-bond acceptors (Lipinski definition) is 6. The van der Waals surface area contributed by atoms with Crippen molar-refractivity contribution in [2.24, 2.45) is 0 Å². The molecule has 3 heterocycles. The molecule has 1 aliphatic rings. The quantitative estimate of drug-likeness (QED) is 0.675. The number of benzene rings is 1. The topological polar surface area (TPSA) is 50.7 Å². The Hall–Kier alpha value is -2.93. The van der Waals surface area contributed by atoms with Crippen LogP contribution < -0.4 is 14.5 Å². The molecule has 0 radical (unpaired) electrons. The molecule has 6 nitrogen and oxygen atoms in total. The first-order chi connectivity index (χ1) is 13.7. The molecule has 0 amide bonds. The fraction of sp³-hybridized carbons (Fsp3) is 0.333. The van der Waals surface area contributed by atoms with E-state index in [2.05, 4.69) is 19.8 Å². The van der Waals surface area contributed by atoms with E-state index in [4.69, 9.17) is 9.47 Å². The zero-order valence-electron chi connectivity index (χ0n) is 16.1. The van der Waals surface area contributed by atoms with Crippen molar-refractivity contribution >= 4 is 22.4 Å². The number of halogens is 1. The molecule has 0 atom stereocenters. The van der Waals surface area contributed by atoms with Crippen molar-refractivity contribution in [3.8, 4) is 5.75 Å². The number of rotatable bonds is 5. The Kier molecular flexibility index (Phi) is 5.25. The predicted molar refractivity (Wildman–Crippen MR) is 108 cm³/mol. The Morgan fingerprint density at radius 3 is 2.54 bits per heavy atom. The molecule has 1 fully saturated rings. The molecule has 0 aliphatic carbocycles. The Balaban J connectivity index is 1.60. The molecule has 0 bridgehead atoms. The van der Waals surface area contributed by atoms with Crippen LogP contribution >= 0.6 is 0 Å². The molecular formula is C21H23FN4O2. The summed E-state index contributed by atoms with van der Waals surface area (Å²) in [6, 6.07) is 10.5. The van der Waals surface area contributed by atoms with Gasteiger partial charge in [0.1, 0.15) is 17.4 Å². The first-order valence-corrected chi connectivity index (χ1v) is 9.26. The predicted octanol–water partition coefficient (Wildman–Crippen LogP) is 3.25. The van der Waals surface area contributed by atoms with Gasteiger partial charge in [-0.1, -0.05) is 0 Å². The van der Waals surface area contributed by atoms with E-state index >= 15 is 0 Å². The molecule has 1 aromatic carbocycles. The van der Waals surface area contributed by atoms with Gasteiger partial charge >= 0.3 is 0 Å². The molecule has 28 heavy (non-hydrogen) atoms. The van der Waals surface area contributed by atoms with Crippen molar-refractivity contribution in [3.63, 3.8) is 0 Å². The van der Waals surface area contributed by atoms with Crippen LogP contribution in [0, 0.1) is 5.82 Å². The van der Waals surface area contributed by atoms with E-state index in [-0.39, 0.29) is 5.82 Å². The largest absolute Gasteiger partial charge is 0.497 e. The molecule has 2 aromatic heterocycles. The van der Waals surface area contributed by atoms with Gasteiger partial charge in [-0.15, -0.1) is 0 Å². The number of nitrogens with zero attached hydrogens (tertiary/aromatic N) is 4. The number of hydrogen-bond donors (Lipinski definition) is 0. The zero-order chi connectivity index (χ0) is 19.5. The number of fused-ring (bicyclic) bond motifs is 1. The number of methoxy groups -OCH3 is 2. The van der Waals surface area contributed by atoms with Gasteiger partial charge in [0.2, 0.25) is 0 Å². The number of aromatic nitrogens is 2. The molecule has 0 unspecified atom stereocenters. The highest BCUT2D eigenvalue weighted by atomic mass is 19.1. The maximum Gasteiger partial charge on any atom is 0.132 e. The molecule has 4 rings (SSSR count). The minimum absolute atomic E-state index is 0.255. The van der Waals surface area contributed by atoms with E-state index in [1.165, 1.54) is 6.07 Å². The summed E-state index contributed by atoms with van der Waals surface area (Å²) >= 11 is 0. The van der Waals surface area contributed by atoms with Crippen LogP contribution in [0.4, 0.5) is 15.9 Å². The van der Waals surface area contributed by atoms with Gasteiger partial charge in [-0.2, -0.15) is 0 Å². The highest BCUT2D eigenvalue weighted by Crippen LogP contribution is 2.29. The van der Waals surface area contributed by atoms with E-state index in [0.29, 0.717) is 6.61 Å². The summed E-state index contributed by atoms with van der Waals surface area (Å²) in [6.07, 6.45) is 1.76. The molecule has 1 saturated heterocycles. The third kappa shape index (κ3) is 3.71. The molecule has 146 valence electrons. The van der Waals surface area contributed by atoms with Gasteiger partial charge in [0.25, 0.3) is 0 Å². The molecular weight excluding hydrogens is 359 g/mol. The minimum Gasteiger partial charge on any atom is -0.497 e. The van der Waals surface area contributed by atoms with Crippen LogP contribution in [-0.2, 0) is 11.3 Å². The Labute approximate surface area is 163 Å². The summed E-state index contributed by atoms with van der Waals surface area (Å²) in [4.78, 5) is 13.6. The molecule has 1 aliphatic heterocycles. The molecule has 0 spiro atoms. The number of anilines is 2. The number of pyridine rings is 2. The highest BCUT2D eigenvalue weighted by molar-refractivity contribution is 5.92. The molecule has 7 heteroatoms. The minimum atomic E-state index is -0.255. The average molecular weight is 382 g/mol. The number of piperazine rings is 1. The zero-order valence-corrected chi connectivity index (χ0v) is 16.1. The maximum atomic E-state index is 13.9. The molecule has 0 saturated carbocycles. The van der Waals surface area contributed by atoms with Gasteiger partial charge in [0, 0.05) is 56.6 Å². The van der Waals surface area contributed by atoms with E-state index < -0.39 is 0 Å². The Morgan fingerprint density at radius 2 is 1.79 bits per heavy atom. The summed E-state index contributed by atoms with van der Waals surface area (Å²) in [6.45, 7) is 3.67. The standard InChI is InChI=1S/C21H23FN4O2/c1-27-14-16-12-20(18-11-15(22)3-4-19(18)24-16)25-7-9-26(10-8-25)21-13-17(28-2)5-6-23-21/h3-6,11-13H,7-10,14H2,1-2H3. The van der Waals surface area contributed by atoms with Gasteiger partial charge < -0.3 is 19.3 Å². The monoisotopic (exact) mass is 382 g/mol. The van der Waals surface area contributed by atoms with Gasteiger partial charge in [-0.05, 0) is 30.3 Å². The second kappa shape index (κ2) is 7.98. The third-order valence-electron chi connectivity index (χ3n) is 4.99. The first kappa shape index (κ1) is 18.4. The SMILES string of the molecule is COCc1cc(N2CCN(c3cc(OC)ccn3)CC2)c2cc(F)ccc2n1. The summed E-state index contributed by atoms with van der Waals surface area (Å²) in [5.41, 5.74) is 2.62. The normalized spacial score (nSPS) is 14.5. The van der Waals surface area contributed by atoms with Crippen molar-refractivity contribution in [1.29, 1.82) is 0 Å². The maximum absolute atomic E-state index is 13.9. The van der Waals surface area contributed by atoms with Crippen LogP contribution in [0.1, 0.15) is 5.69 Å². The van der Waals surface area contributed by atoms with Crippen molar-refractivity contribution in [2.75, 3.05) is 50.2 Å². The van der Waals surface area contributed by atoms with Gasteiger partial charge in [0.15, 0.2) is 0 Å². The summed E-state index contributed by atoms with van der Waals surface area (Å²) in [5.74, 6) is 1.45. The third-order valence-corrected chi connectivity index (χ3v) is 4.99. The second-order valence-electron chi connectivity index (χ2n) is 6.76. The second-order valence-corrected chi connectivity index (χ2v) is 6.76. The van der Waals surface area contributed by atoms with Crippen molar-refractivity contribution in [2.45, 2.75) is 6.61 Å². The van der Waals surface area contributed by atoms with Crippen LogP contribution in [-0.4, -0.2) is 50.4 Å². The Bertz CT molecular complexity index is 974. The van der Waals surface area contributed by atoms with Crippen LogP contribution in [0.3, 0.4) is 0 Å². The lowest BCUT2D eigenvalue weighted by Gasteiger charge is -2.37. The summed E-state index contributed by atoms with van der Waals surface area (Å²) in [5, 5.41) is 0.827. The molecule has 0 N–H and O–H groups in total. The van der Waals surface area contributed by atoms with E-state index in [1.54, 1.807) is 32.5 Å². The lowest BCUT2D eigenvalue weighted by atomic mass is 10.1.